The van der Waals surface area contributed by atoms with Gasteiger partial charge in [-0.25, -0.2) is 0 Å². The van der Waals surface area contributed by atoms with Crippen molar-refractivity contribution >= 4 is 11.6 Å². The van der Waals surface area contributed by atoms with Crippen LogP contribution in [-0.4, -0.2) is 22.4 Å². The zero-order valence-corrected chi connectivity index (χ0v) is 14.1. The molecule has 0 N–H and O–H groups in total. The summed E-state index contributed by atoms with van der Waals surface area (Å²) in [4.78, 5) is 22.4. The van der Waals surface area contributed by atoms with Crippen LogP contribution in [0.1, 0.15) is 18.5 Å². The Morgan fingerprint density at radius 2 is 1.72 bits per heavy atom. The number of rotatable bonds is 3. The van der Waals surface area contributed by atoms with Gasteiger partial charge < -0.3 is 4.90 Å². The van der Waals surface area contributed by atoms with Crippen LogP contribution in [0, 0.1) is 6.92 Å². The van der Waals surface area contributed by atoms with Crippen LogP contribution in [0.5, 0.6) is 0 Å². The lowest BCUT2D eigenvalue weighted by atomic mass is 9.99. The van der Waals surface area contributed by atoms with E-state index in [1.54, 1.807) is 12.4 Å². The molecule has 1 saturated heterocycles. The molecule has 1 aromatic carbocycles. The second-order valence-corrected chi connectivity index (χ2v) is 6.29. The van der Waals surface area contributed by atoms with Crippen molar-refractivity contribution < 1.29 is 4.79 Å². The molecule has 0 spiro atoms. The van der Waals surface area contributed by atoms with Crippen molar-refractivity contribution in [2.24, 2.45) is 0 Å². The second kappa shape index (κ2) is 6.48. The summed E-state index contributed by atoms with van der Waals surface area (Å²) in [5.41, 5.74) is 6.35. The topological polar surface area (TPSA) is 46.1 Å². The maximum Gasteiger partial charge on any atom is 0.227 e. The van der Waals surface area contributed by atoms with Crippen LogP contribution >= 0.6 is 0 Å². The van der Waals surface area contributed by atoms with Gasteiger partial charge in [-0.3, -0.25) is 14.8 Å². The van der Waals surface area contributed by atoms with Gasteiger partial charge in [0, 0.05) is 54.1 Å². The molecule has 0 bridgehead atoms. The molecular weight excluding hydrogens is 310 g/mol. The lowest BCUT2D eigenvalue weighted by Gasteiger charge is -2.16. The number of anilines is 1. The van der Waals surface area contributed by atoms with Crippen molar-refractivity contribution in [2.75, 3.05) is 11.4 Å². The molecule has 1 amide bonds. The summed E-state index contributed by atoms with van der Waals surface area (Å²) < 4.78 is 0. The number of aromatic nitrogens is 2. The number of hydrogen-bond acceptors (Lipinski definition) is 3. The molecule has 4 nitrogen and oxygen atoms in total. The number of aryl methyl sites for hydroxylation is 1. The third kappa shape index (κ3) is 3.03. The summed E-state index contributed by atoms with van der Waals surface area (Å²) in [6, 6.07) is 14.3. The Bertz CT molecular complexity index is 904. The van der Waals surface area contributed by atoms with Crippen LogP contribution < -0.4 is 4.90 Å². The van der Waals surface area contributed by atoms with E-state index in [2.05, 4.69) is 28.2 Å². The minimum Gasteiger partial charge on any atom is -0.312 e. The van der Waals surface area contributed by atoms with Gasteiger partial charge in [0.05, 0.1) is 0 Å². The highest BCUT2D eigenvalue weighted by molar-refractivity contribution is 5.95. The van der Waals surface area contributed by atoms with E-state index in [0.717, 1.165) is 46.6 Å². The van der Waals surface area contributed by atoms with Crippen LogP contribution in [0.15, 0.2) is 61.1 Å². The minimum atomic E-state index is 0.213. The number of pyridine rings is 2. The summed E-state index contributed by atoms with van der Waals surface area (Å²) in [5.74, 6) is 0.213. The van der Waals surface area contributed by atoms with Crippen LogP contribution in [0.25, 0.3) is 22.3 Å². The molecule has 0 radical (unpaired) electrons. The molecule has 0 atom stereocenters. The van der Waals surface area contributed by atoms with Crippen LogP contribution in [0.4, 0.5) is 5.69 Å². The Morgan fingerprint density at radius 1 is 0.960 bits per heavy atom. The van der Waals surface area contributed by atoms with E-state index in [9.17, 15) is 4.79 Å². The van der Waals surface area contributed by atoms with Gasteiger partial charge in [0.2, 0.25) is 5.91 Å². The quantitative estimate of drug-likeness (QED) is 0.722. The van der Waals surface area contributed by atoms with E-state index >= 15 is 0 Å². The molecule has 3 heterocycles. The smallest absolute Gasteiger partial charge is 0.227 e. The molecule has 0 unspecified atom stereocenters. The number of nitrogens with zero attached hydrogens (tertiary/aromatic N) is 3. The minimum absolute atomic E-state index is 0.213. The molecule has 0 aliphatic carbocycles. The summed E-state index contributed by atoms with van der Waals surface area (Å²) in [7, 11) is 0. The average molecular weight is 329 g/mol. The van der Waals surface area contributed by atoms with Crippen molar-refractivity contribution in [1.82, 2.24) is 9.97 Å². The number of carbonyl (C=O) groups excluding carboxylic acids is 1. The Hall–Kier alpha value is -3.01. The fraction of sp³-hybridized carbons (Fsp3) is 0.190. The summed E-state index contributed by atoms with van der Waals surface area (Å²) in [5, 5.41) is 0. The van der Waals surface area contributed by atoms with Gasteiger partial charge in [0.15, 0.2) is 0 Å². The van der Waals surface area contributed by atoms with Gasteiger partial charge >= 0.3 is 0 Å². The lowest BCUT2D eigenvalue weighted by molar-refractivity contribution is -0.117. The first-order valence-electron chi connectivity index (χ1n) is 8.50. The Morgan fingerprint density at radius 3 is 2.40 bits per heavy atom. The van der Waals surface area contributed by atoms with Crippen molar-refractivity contribution in [1.29, 1.82) is 0 Å². The van der Waals surface area contributed by atoms with E-state index in [1.165, 1.54) is 0 Å². The molecule has 4 heteroatoms. The first kappa shape index (κ1) is 15.5. The van der Waals surface area contributed by atoms with Crippen molar-refractivity contribution in [3.63, 3.8) is 0 Å². The largest absolute Gasteiger partial charge is 0.312 e. The molecule has 4 rings (SSSR count). The average Bonchev–Trinajstić information content (AvgIpc) is 3.09. The standard InChI is InChI=1S/C21H19N3O/c1-15-20(13-18(14-23-15)16-8-10-22-11-9-16)17-4-6-19(7-5-17)24-12-2-3-21(24)25/h4-11,13-14H,2-3,12H2,1H3. The third-order valence-corrected chi connectivity index (χ3v) is 4.66. The molecule has 1 fully saturated rings. The Kier molecular flexibility index (Phi) is 4.02. The van der Waals surface area contributed by atoms with Crippen LogP contribution in [-0.2, 0) is 4.79 Å². The van der Waals surface area contributed by atoms with E-state index in [1.807, 2.05) is 42.3 Å². The van der Waals surface area contributed by atoms with Gasteiger partial charge in [0.1, 0.15) is 0 Å². The maximum atomic E-state index is 11.9. The number of amides is 1. The zero-order chi connectivity index (χ0) is 17.2. The molecule has 1 aliphatic heterocycles. The highest BCUT2D eigenvalue weighted by Crippen LogP contribution is 2.30. The van der Waals surface area contributed by atoms with Crippen molar-refractivity contribution in [3.05, 3.63) is 66.7 Å². The molecule has 3 aromatic rings. The zero-order valence-electron chi connectivity index (χ0n) is 14.1. The molecule has 124 valence electrons. The summed E-state index contributed by atoms with van der Waals surface area (Å²) in [6.07, 6.45) is 7.06. The number of benzene rings is 1. The Labute approximate surface area is 147 Å². The molecule has 1 aliphatic rings. The predicted octanol–water partition coefficient (Wildman–Crippen LogP) is 4.25. The van der Waals surface area contributed by atoms with Gasteiger partial charge in [-0.15, -0.1) is 0 Å². The van der Waals surface area contributed by atoms with Crippen LogP contribution in [0.2, 0.25) is 0 Å². The first-order chi connectivity index (χ1) is 12.2. The van der Waals surface area contributed by atoms with E-state index in [0.29, 0.717) is 6.42 Å². The predicted molar refractivity (Wildman–Crippen MR) is 99.2 cm³/mol. The summed E-state index contributed by atoms with van der Waals surface area (Å²) >= 11 is 0. The first-order valence-corrected chi connectivity index (χ1v) is 8.50. The lowest BCUT2D eigenvalue weighted by Crippen LogP contribution is -2.23. The van der Waals surface area contributed by atoms with E-state index < -0.39 is 0 Å². The normalized spacial score (nSPS) is 14.1. The number of carbonyl (C=O) groups is 1. The molecular formula is C21H19N3O. The monoisotopic (exact) mass is 329 g/mol. The van der Waals surface area contributed by atoms with E-state index in [-0.39, 0.29) is 5.91 Å². The molecule has 2 aromatic heterocycles. The Balaban J connectivity index is 1.68. The summed E-state index contributed by atoms with van der Waals surface area (Å²) in [6.45, 7) is 2.83. The highest BCUT2D eigenvalue weighted by atomic mass is 16.2. The fourth-order valence-electron chi connectivity index (χ4n) is 3.27. The van der Waals surface area contributed by atoms with Gasteiger partial charge in [0.25, 0.3) is 0 Å². The fourth-order valence-corrected chi connectivity index (χ4v) is 3.27. The molecule has 25 heavy (non-hydrogen) atoms. The van der Waals surface area contributed by atoms with Gasteiger partial charge in [-0.1, -0.05) is 12.1 Å². The van der Waals surface area contributed by atoms with Crippen molar-refractivity contribution in [2.45, 2.75) is 19.8 Å². The number of hydrogen-bond donors (Lipinski definition) is 0. The molecule has 0 saturated carbocycles. The second-order valence-electron chi connectivity index (χ2n) is 6.29. The highest BCUT2D eigenvalue weighted by Gasteiger charge is 2.21. The maximum absolute atomic E-state index is 11.9. The van der Waals surface area contributed by atoms with Crippen molar-refractivity contribution in [3.8, 4) is 22.3 Å². The van der Waals surface area contributed by atoms with Gasteiger partial charge in [-0.05, 0) is 54.8 Å². The SMILES string of the molecule is Cc1ncc(-c2ccncc2)cc1-c1ccc(N2CCCC2=O)cc1. The van der Waals surface area contributed by atoms with Gasteiger partial charge in [-0.2, -0.15) is 0 Å². The van der Waals surface area contributed by atoms with Crippen LogP contribution in [0.3, 0.4) is 0 Å². The van der Waals surface area contributed by atoms with E-state index in [4.69, 9.17) is 0 Å². The third-order valence-electron chi connectivity index (χ3n) is 4.66.